The molecule has 3 N–H and O–H groups in total. The van der Waals surface area contributed by atoms with Crippen LogP contribution in [0.25, 0.3) is 0 Å². The summed E-state index contributed by atoms with van der Waals surface area (Å²) in [5, 5.41) is 17.8. The molecule has 0 bridgehead atoms. The van der Waals surface area contributed by atoms with Crippen molar-refractivity contribution in [2.75, 3.05) is 5.32 Å². The second-order valence-corrected chi connectivity index (χ2v) is 6.32. The molecule has 0 atom stereocenters. The molecular formula is C15H16ClFN6O3S. The third-order valence-electron chi connectivity index (χ3n) is 3.57. The highest BCUT2D eigenvalue weighted by Crippen LogP contribution is 2.22. The Hall–Kier alpha value is -2.79. The molecule has 9 nitrogen and oxygen atoms in total. The van der Waals surface area contributed by atoms with Crippen molar-refractivity contribution in [1.29, 1.82) is 0 Å². The van der Waals surface area contributed by atoms with Crippen LogP contribution in [0.2, 0.25) is 5.02 Å². The first-order chi connectivity index (χ1) is 12.7. The molecule has 0 aliphatic rings. The summed E-state index contributed by atoms with van der Waals surface area (Å²) in [5.41, 5.74) is 5.94. The van der Waals surface area contributed by atoms with Crippen molar-refractivity contribution in [1.82, 2.24) is 20.6 Å². The lowest BCUT2D eigenvalue weighted by molar-refractivity contribution is -0.386. The van der Waals surface area contributed by atoms with Gasteiger partial charge in [-0.3, -0.25) is 30.4 Å². The van der Waals surface area contributed by atoms with E-state index in [2.05, 4.69) is 21.3 Å². The van der Waals surface area contributed by atoms with E-state index in [1.165, 1.54) is 29.8 Å². The van der Waals surface area contributed by atoms with Crippen molar-refractivity contribution >= 4 is 46.2 Å². The molecule has 0 spiro atoms. The fourth-order valence-electron chi connectivity index (χ4n) is 2.30. The first kappa shape index (κ1) is 20.5. The van der Waals surface area contributed by atoms with Crippen LogP contribution in [0.5, 0.6) is 0 Å². The van der Waals surface area contributed by atoms with Crippen molar-refractivity contribution in [3.05, 3.63) is 50.5 Å². The van der Waals surface area contributed by atoms with E-state index in [1.807, 2.05) is 0 Å². The van der Waals surface area contributed by atoms with Crippen LogP contribution >= 0.6 is 23.8 Å². The normalized spacial score (nSPS) is 10.4. The van der Waals surface area contributed by atoms with Gasteiger partial charge in [-0.15, -0.1) is 0 Å². The van der Waals surface area contributed by atoms with E-state index in [4.69, 9.17) is 23.8 Å². The Morgan fingerprint density at radius 2 is 2.11 bits per heavy atom. The standard InChI is InChI=1S/C15H16ClFN6O3S/c1-8-14(23(25)26)9(2)22(21-8)6-5-13(24)19-20-15(27)18-10-3-4-12(17)11(16)7-10/h3-4,7H,5-6H2,1-2H3,(H,19,24)(H2,18,20,27). The molecule has 2 aromatic rings. The average Bonchev–Trinajstić information content (AvgIpc) is 2.88. The van der Waals surface area contributed by atoms with Crippen molar-refractivity contribution in [2.45, 2.75) is 26.8 Å². The molecule has 0 fully saturated rings. The number of halogens is 2. The van der Waals surface area contributed by atoms with E-state index in [0.717, 1.165) is 0 Å². The number of rotatable bonds is 5. The lowest BCUT2D eigenvalue weighted by Crippen LogP contribution is -2.44. The SMILES string of the molecule is Cc1nn(CCC(=O)NNC(=S)Nc2ccc(F)c(Cl)c2)c(C)c1[N+](=O)[O-]. The number of hydrogen-bond donors (Lipinski definition) is 3. The summed E-state index contributed by atoms with van der Waals surface area (Å²) in [4.78, 5) is 22.4. The number of nitrogens with one attached hydrogen (secondary N) is 3. The summed E-state index contributed by atoms with van der Waals surface area (Å²) < 4.78 is 14.5. The first-order valence-electron chi connectivity index (χ1n) is 7.68. The highest BCUT2D eigenvalue weighted by molar-refractivity contribution is 7.80. The molecule has 1 aromatic heterocycles. The van der Waals surface area contributed by atoms with E-state index < -0.39 is 16.6 Å². The predicted octanol–water partition coefficient (Wildman–Crippen LogP) is 2.61. The Morgan fingerprint density at radius 1 is 1.41 bits per heavy atom. The van der Waals surface area contributed by atoms with Gasteiger partial charge in [0.05, 0.1) is 16.5 Å². The lowest BCUT2D eigenvalue weighted by atomic mass is 10.3. The molecule has 27 heavy (non-hydrogen) atoms. The van der Waals surface area contributed by atoms with E-state index in [0.29, 0.717) is 17.1 Å². The zero-order chi connectivity index (χ0) is 20.1. The zero-order valence-corrected chi connectivity index (χ0v) is 15.9. The van der Waals surface area contributed by atoms with E-state index in [1.54, 1.807) is 6.92 Å². The minimum absolute atomic E-state index is 0.0249. The third kappa shape index (κ3) is 5.34. The fourth-order valence-corrected chi connectivity index (χ4v) is 2.65. The molecule has 1 heterocycles. The number of amides is 1. The molecule has 0 saturated carbocycles. The van der Waals surface area contributed by atoms with Crippen LogP contribution in [0.4, 0.5) is 15.8 Å². The van der Waals surface area contributed by atoms with Crippen LogP contribution in [0.3, 0.4) is 0 Å². The number of benzene rings is 1. The Balaban J connectivity index is 1.82. The van der Waals surface area contributed by atoms with Gasteiger partial charge in [-0.25, -0.2) is 4.39 Å². The summed E-state index contributed by atoms with van der Waals surface area (Å²) in [6, 6.07) is 3.97. The Bertz CT molecular complexity index is 904. The molecule has 1 aromatic carbocycles. The Labute approximate surface area is 164 Å². The van der Waals surface area contributed by atoms with Crippen molar-refractivity contribution < 1.29 is 14.1 Å². The highest BCUT2D eigenvalue weighted by Gasteiger charge is 2.21. The van der Waals surface area contributed by atoms with Gasteiger partial charge in [-0.1, -0.05) is 11.6 Å². The number of aryl methyl sites for hydroxylation is 2. The van der Waals surface area contributed by atoms with Gasteiger partial charge in [-0.2, -0.15) is 5.10 Å². The van der Waals surface area contributed by atoms with Gasteiger partial charge in [0, 0.05) is 12.1 Å². The number of nitro groups is 1. The number of aromatic nitrogens is 2. The van der Waals surface area contributed by atoms with Crippen molar-refractivity contribution in [2.24, 2.45) is 0 Å². The summed E-state index contributed by atoms with van der Waals surface area (Å²) in [5.74, 6) is -0.953. The number of nitrogens with zero attached hydrogens (tertiary/aromatic N) is 3. The Morgan fingerprint density at radius 3 is 2.70 bits per heavy atom. The van der Waals surface area contributed by atoms with Gasteiger partial charge in [-0.05, 0) is 44.3 Å². The number of hydrazine groups is 1. The van der Waals surface area contributed by atoms with Gasteiger partial charge in [0.15, 0.2) is 5.11 Å². The molecule has 2 rings (SSSR count). The maximum Gasteiger partial charge on any atom is 0.312 e. The molecular weight excluding hydrogens is 399 g/mol. The molecule has 144 valence electrons. The monoisotopic (exact) mass is 414 g/mol. The quantitative estimate of drug-likeness (QED) is 0.391. The highest BCUT2D eigenvalue weighted by atomic mass is 35.5. The van der Waals surface area contributed by atoms with Gasteiger partial charge in [0.2, 0.25) is 5.91 Å². The minimum atomic E-state index is -0.557. The molecule has 0 radical (unpaired) electrons. The van der Waals surface area contributed by atoms with Gasteiger partial charge >= 0.3 is 5.69 Å². The predicted molar refractivity (Wildman–Crippen MR) is 102 cm³/mol. The fraction of sp³-hybridized carbons (Fsp3) is 0.267. The maximum absolute atomic E-state index is 13.1. The second-order valence-electron chi connectivity index (χ2n) is 5.51. The number of hydrogen-bond acceptors (Lipinski definition) is 5. The lowest BCUT2D eigenvalue weighted by Gasteiger charge is -2.12. The van der Waals surface area contributed by atoms with Crippen molar-refractivity contribution in [3.63, 3.8) is 0 Å². The zero-order valence-electron chi connectivity index (χ0n) is 14.4. The van der Waals surface area contributed by atoms with E-state index in [9.17, 15) is 19.3 Å². The first-order valence-corrected chi connectivity index (χ1v) is 8.47. The molecule has 0 aliphatic heterocycles. The Kier molecular flexibility index (Phi) is 6.64. The van der Waals surface area contributed by atoms with Crippen LogP contribution in [-0.4, -0.2) is 25.7 Å². The summed E-state index contributed by atoms with van der Waals surface area (Å²) in [6.07, 6.45) is 0.0249. The van der Waals surface area contributed by atoms with Crippen LogP contribution in [-0.2, 0) is 11.3 Å². The smallest absolute Gasteiger partial charge is 0.312 e. The largest absolute Gasteiger partial charge is 0.331 e. The molecule has 0 saturated heterocycles. The van der Waals surface area contributed by atoms with Crippen molar-refractivity contribution in [3.8, 4) is 0 Å². The van der Waals surface area contributed by atoms with Gasteiger partial charge in [0.25, 0.3) is 0 Å². The second kappa shape index (κ2) is 8.73. The molecule has 0 unspecified atom stereocenters. The number of thiocarbonyl (C=S) groups is 1. The van der Waals surface area contributed by atoms with Crippen LogP contribution in [0, 0.1) is 29.8 Å². The number of carbonyl (C=O) groups is 1. The average molecular weight is 415 g/mol. The molecule has 1 amide bonds. The minimum Gasteiger partial charge on any atom is -0.331 e. The maximum atomic E-state index is 13.1. The number of carbonyl (C=O) groups excluding carboxylic acids is 1. The summed E-state index contributed by atoms with van der Waals surface area (Å²) in [7, 11) is 0. The molecule has 0 aliphatic carbocycles. The van der Waals surface area contributed by atoms with E-state index in [-0.39, 0.29) is 28.8 Å². The third-order valence-corrected chi connectivity index (χ3v) is 4.06. The number of anilines is 1. The summed E-state index contributed by atoms with van der Waals surface area (Å²) >= 11 is 10.7. The summed E-state index contributed by atoms with van der Waals surface area (Å²) in [6.45, 7) is 3.28. The molecule has 12 heteroatoms. The van der Waals surface area contributed by atoms with E-state index >= 15 is 0 Å². The van der Waals surface area contributed by atoms with Gasteiger partial charge < -0.3 is 5.32 Å². The van der Waals surface area contributed by atoms with Crippen LogP contribution in [0.1, 0.15) is 17.8 Å². The van der Waals surface area contributed by atoms with Crippen LogP contribution in [0.15, 0.2) is 18.2 Å². The topological polar surface area (TPSA) is 114 Å². The van der Waals surface area contributed by atoms with Gasteiger partial charge in [0.1, 0.15) is 17.2 Å². The van der Waals surface area contributed by atoms with Crippen LogP contribution < -0.4 is 16.2 Å².